The average molecular weight is 739 g/mol. The number of amides is 1. The average Bonchev–Trinajstić information content (AvgIpc) is 3.85. The Morgan fingerprint density at radius 3 is 2.59 bits per heavy atom. The normalized spacial score (nSPS) is 21.1. The van der Waals surface area contributed by atoms with Crippen LogP contribution in [-0.4, -0.2) is 129 Å². The molecule has 286 valence electrons. The molecule has 4 aliphatic rings. The molecule has 54 heavy (non-hydrogen) atoms. The SMILES string of the molecule is CC(C)C(C(=O)N1CC[C@@H](O)C1)c1cc(OCCCN2CCC(c3cnc(N4CCN5c6cc(-c7ccccc7O)nnc6NC[C@H]5C4)nc3)CC2)no1. The van der Waals surface area contributed by atoms with Crippen molar-refractivity contribution in [3.63, 3.8) is 0 Å². The van der Waals surface area contributed by atoms with Crippen LogP contribution in [0, 0.1) is 5.92 Å². The van der Waals surface area contributed by atoms with Crippen molar-refractivity contribution in [1.82, 2.24) is 35.1 Å². The Morgan fingerprint density at radius 2 is 1.83 bits per heavy atom. The molecule has 0 bridgehead atoms. The number of fused-ring (bicyclic) bond motifs is 3. The van der Waals surface area contributed by atoms with Gasteiger partial charge in [0.2, 0.25) is 11.9 Å². The number of β-amino-alcohol motifs (C(OH)–C–C–N with tert-alkyl or cyclic N) is 1. The zero-order chi connectivity index (χ0) is 37.2. The monoisotopic (exact) mass is 738 g/mol. The number of likely N-dealkylation sites (tertiary alicyclic amines) is 2. The minimum atomic E-state index is -0.457. The number of hydrogen-bond donors (Lipinski definition) is 3. The number of aliphatic hydroxyl groups is 1. The lowest BCUT2D eigenvalue weighted by molar-refractivity contribution is -0.133. The molecule has 4 aliphatic heterocycles. The summed E-state index contributed by atoms with van der Waals surface area (Å²) < 4.78 is 11.5. The van der Waals surface area contributed by atoms with E-state index in [2.05, 4.69) is 35.4 Å². The van der Waals surface area contributed by atoms with E-state index in [1.54, 1.807) is 23.1 Å². The second kappa shape index (κ2) is 15.8. The van der Waals surface area contributed by atoms with Gasteiger partial charge in [0, 0.05) is 69.8 Å². The lowest BCUT2D eigenvalue weighted by Gasteiger charge is -2.45. The van der Waals surface area contributed by atoms with Gasteiger partial charge in [-0.15, -0.1) is 10.2 Å². The summed E-state index contributed by atoms with van der Waals surface area (Å²) in [5.41, 5.74) is 3.52. The molecular weight excluding hydrogens is 688 g/mol. The molecule has 0 radical (unpaired) electrons. The van der Waals surface area contributed by atoms with Crippen molar-refractivity contribution in [1.29, 1.82) is 0 Å². The van der Waals surface area contributed by atoms with Crippen molar-refractivity contribution in [2.45, 2.75) is 63.5 Å². The zero-order valence-electron chi connectivity index (χ0n) is 31.0. The molecule has 7 heterocycles. The van der Waals surface area contributed by atoms with E-state index in [0.29, 0.717) is 54.9 Å². The van der Waals surface area contributed by atoms with Gasteiger partial charge in [0.25, 0.3) is 5.88 Å². The van der Waals surface area contributed by atoms with Gasteiger partial charge < -0.3 is 44.4 Å². The van der Waals surface area contributed by atoms with Gasteiger partial charge in [-0.05, 0) is 79.5 Å². The number of carbonyl (C=O) groups excluding carboxylic acids is 1. The number of aromatic nitrogens is 5. The molecule has 3 fully saturated rings. The van der Waals surface area contributed by atoms with Crippen molar-refractivity contribution >= 4 is 23.4 Å². The number of carbonyl (C=O) groups is 1. The molecule has 8 rings (SSSR count). The second-order valence-corrected chi connectivity index (χ2v) is 15.3. The number of piperazine rings is 1. The first-order valence-corrected chi connectivity index (χ1v) is 19.3. The highest BCUT2D eigenvalue weighted by molar-refractivity contribution is 5.83. The summed E-state index contributed by atoms with van der Waals surface area (Å²) in [4.78, 5) is 31.7. The molecule has 3 saturated heterocycles. The van der Waals surface area contributed by atoms with Crippen LogP contribution in [0.25, 0.3) is 11.3 Å². The van der Waals surface area contributed by atoms with Crippen LogP contribution in [0.15, 0.2) is 53.3 Å². The standard InChI is InChI=1S/C39H50N10O5/c1-25(2)36(38(52)47-14-10-29(50)24-47)34-19-35(45-54-34)53-17-5-11-46-12-8-26(9-13-46)27-20-41-39(42-21-27)48-15-16-49-28(23-48)22-40-37-32(49)18-31(43-44-37)30-6-3-4-7-33(30)51/h3-4,6-7,18-21,25-26,28-29,36,50-51H,5,8-17,22-24H2,1-2H3,(H,40,44)/t28-,29+,36?/m0/s1. The minimum absolute atomic E-state index is 0.0305. The highest BCUT2D eigenvalue weighted by Gasteiger charge is 2.36. The number of phenolic OH excluding ortho intramolecular Hbond substituents is 1. The predicted octanol–water partition coefficient (Wildman–Crippen LogP) is 3.73. The molecule has 1 amide bonds. The van der Waals surface area contributed by atoms with Gasteiger partial charge in [0.1, 0.15) is 11.7 Å². The Balaban J connectivity index is 0.780. The maximum absolute atomic E-state index is 13.2. The molecule has 15 heteroatoms. The quantitative estimate of drug-likeness (QED) is 0.190. The van der Waals surface area contributed by atoms with Gasteiger partial charge >= 0.3 is 0 Å². The first-order valence-electron chi connectivity index (χ1n) is 19.3. The Labute approximate surface area is 315 Å². The molecule has 0 aliphatic carbocycles. The number of rotatable bonds is 11. The fourth-order valence-corrected chi connectivity index (χ4v) is 8.31. The van der Waals surface area contributed by atoms with E-state index >= 15 is 0 Å². The number of anilines is 3. The summed E-state index contributed by atoms with van der Waals surface area (Å²) in [5, 5.41) is 36.6. The summed E-state index contributed by atoms with van der Waals surface area (Å²) in [6.07, 6.45) is 7.17. The minimum Gasteiger partial charge on any atom is -0.507 e. The first kappa shape index (κ1) is 36.0. The second-order valence-electron chi connectivity index (χ2n) is 15.3. The highest BCUT2D eigenvalue weighted by Crippen LogP contribution is 2.37. The maximum Gasteiger partial charge on any atom is 0.254 e. The Hall–Kier alpha value is -5.02. The van der Waals surface area contributed by atoms with E-state index in [-0.39, 0.29) is 23.6 Å². The topological polar surface area (TPSA) is 169 Å². The van der Waals surface area contributed by atoms with Crippen LogP contribution in [0.4, 0.5) is 17.5 Å². The third-order valence-electron chi connectivity index (χ3n) is 11.3. The molecule has 3 aromatic heterocycles. The molecule has 1 aromatic carbocycles. The number of aliphatic hydroxyl groups excluding tert-OH is 1. The Morgan fingerprint density at radius 1 is 1.02 bits per heavy atom. The van der Waals surface area contributed by atoms with Crippen LogP contribution in [0.2, 0.25) is 0 Å². The summed E-state index contributed by atoms with van der Waals surface area (Å²) >= 11 is 0. The first-order chi connectivity index (χ1) is 26.3. The predicted molar refractivity (Wildman–Crippen MR) is 203 cm³/mol. The molecular formula is C39H50N10O5. The molecule has 1 unspecified atom stereocenters. The van der Waals surface area contributed by atoms with Crippen LogP contribution in [0.1, 0.15) is 62.7 Å². The van der Waals surface area contributed by atoms with E-state index < -0.39 is 12.0 Å². The van der Waals surface area contributed by atoms with Gasteiger partial charge in [-0.2, -0.15) is 0 Å². The fraction of sp³-hybridized carbons (Fsp3) is 0.538. The van der Waals surface area contributed by atoms with E-state index in [1.165, 1.54) is 5.56 Å². The van der Waals surface area contributed by atoms with Crippen LogP contribution in [0.5, 0.6) is 11.6 Å². The van der Waals surface area contributed by atoms with E-state index in [9.17, 15) is 15.0 Å². The number of aromatic hydroxyl groups is 1. The number of piperidine rings is 1. The summed E-state index contributed by atoms with van der Waals surface area (Å²) in [6.45, 7) is 11.6. The molecule has 3 N–H and O–H groups in total. The highest BCUT2D eigenvalue weighted by atomic mass is 16.5. The van der Waals surface area contributed by atoms with Crippen molar-refractivity contribution in [2.75, 3.05) is 80.6 Å². The van der Waals surface area contributed by atoms with Crippen LogP contribution in [-0.2, 0) is 4.79 Å². The number of ether oxygens (including phenoxy) is 1. The van der Waals surface area contributed by atoms with Gasteiger partial charge in [-0.3, -0.25) is 4.79 Å². The Bertz CT molecular complexity index is 1900. The van der Waals surface area contributed by atoms with E-state index in [4.69, 9.17) is 19.2 Å². The van der Waals surface area contributed by atoms with Crippen molar-refractivity contribution in [3.8, 4) is 22.9 Å². The number of nitrogens with zero attached hydrogens (tertiary/aromatic N) is 9. The molecule has 4 aromatic rings. The molecule has 0 saturated carbocycles. The largest absolute Gasteiger partial charge is 0.507 e. The number of hydrogen-bond acceptors (Lipinski definition) is 14. The van der Waals surface area contributed by atoms with Gasteiger partial charge in [0.15, 0.2) is 11.6 Å². The number of para-hydroxylation sites is 1. The maximum atomic E-state index is 13.2. The lowest BCUT2D eigenvalue weighted by Crippen LogP contribution is -2.58. The number of benzene rings is 1. The van der Waals surface area contributed by atoms with Crippen LogP contribution < -0.4 is 19.9 Å². The van der Waals surface area contributed by atoms with E-state index in [1.807, 2.05) is 44.4 Å². The van der Waals surface area contributed by atoms with Gasteiger partial charge in [-0.1, -0.05) is 26.0 Å². The summed E-state index contributed by atoms with van der Waals surface area (Å²) in [7, 11) is 0. The van der Waals surface area contributed by atoms with Gasteiger partial charge in [-0.25, -0.2) is 9.97 Å². The van der Waals surface area contributed by atoms with E-state index in [0.717, 1.165) is 82.5 Å². The fourth-order valence-electron chi connectivity index (χ4n) is 8.31. The van der Waals surface area contributed by atoms with Crippen LogP contribution >= 0.6 is 0 Å². The zero-order valence-corrected chi connectivity index (χ0v) is 31.0. The summed E-state index contributed by atoms with van der Waals surface area (Å²) in [6, 6.07) is 11.2. The van der Waals surface area contributed by atoms with Crippen LogP contribution in [0.3, 0.4) is 0 Å². The smallest absolute Gasteiger partial charge is 0.254 e. The van der Waals surface area contributed by atoms with Gasteiger partial charge in [0.05, 0.1) is 30.1 Å². The van der Waals surface area contributed by atoms with Crippen molar-refractivity contribution in [2.24, 2.45) is 5.92 Å². The Kier molecular flexibility index (Phi) is 10.5. The van der Waals surface area contributed by atoms with Crippen molar-refractivity contribution in [3.05, 3.63) is 60.1 Å². The third kappa shape index (κ3) is 7.65. The number of phenols is 1. The lowest BCUT2D eigenvalue weighted by atomic mass is 9.91. The number of nitrogens with one attached hydrogen (secondary N) is 1. The molecule has 15 nitrogen and oxygen atoms in total. The van der Waals surface area contributed by atoms with Crippen molar-refractivity contribution < 1.29 is 24.3 Å². The molecule has 0 spiro atoms. The third-order valence-corrected chi connectivity index (χ3v) is 11.3. The molecule has 3 atom stereocenters. The summed E-state index contributed by atoms with van der Waals surface area (Å²) in [5.74, 6) is 2.63.